The average Bonchev–Trinajstić information content (AvgIpc) is 3.37. The Morgan fingerprint density at radius 1 is 1.09 bits per heavy atom. The number of rotatable bonds is 11. The van der Waals surface area contributed by atoms with Gasteiger partial charge in [-0.3, -0.25) is 4.79 Å². The first-order valence-corrected chi connectivity index (χ1v) is 15.0. The van der Waals surface area contributed by atoms with Crippen LogP contribution in [0, 0.1) is 0 Å². The minimum atomic E-state index is -0.765. The number of carbonyl (C=O) groups is 3. The van der Waals surface area contributed by atoms with Crippen LogP contribution >= 0.6 is 15.9 Å². The monoisotopic (exact) mass is 673 g/mol. The zero-order valence-electron chi connectivity index (χ0n) is 24.9. The average molecular weight is 675 g/mol. The van der Waals surface area contributed by atoms with Crippen LogP contribution in [0.5, 0.6) is 11.5 Å². The lowest BCUT2D eigenvalue weighted by atomic mass is 9.95. The van der Waals surface area contributed by atoms with Gasteiger partial charge in [0, 0.05) is 39.4 Å². The predicted octanol–water partition coefficient (Wildman–Crippen LogP) is 5.18. The molecular formula is C33H32BrN5O6. The normalized spacial score (nSPS) is 14.7. The van der Waals surface area contributed by atoms with E-state index in [0.29, 0.717) is 29.3 Å². The molecule has 0 saturated carbocycles. The van der Waals surface area contributed by atoms with Crippen molar-refractivity contribution in [2.75, 3.05) is 20.3 Å². The molecule has 0 saturated heterocycles. The van der Waals surface area contributed by atoms with Gasteiger partial charge in [0.05, 0.1) is 31.5 Å². The van der Waals surface area contributed by atoms with Crippen LogP contribution in [0.15, 0.2) is 93.8 Å². The highest BCUT2D eigenvalue weighted by atomic mass is 79.9. The SMILES string of the molecule is CCOC(=O)C1=C(C)NC(=O)N[C@H]1c1ccc(OCC(=O)N/N=C/c2cn(Cc3ccc(Br)cc3)c3ccccc23)c(OC)c1. The van der Waals surface area contributed by atoms with Gasteiger partial charge in [0.15, 0.2) is 18.1 Å². The number of benzene rings is 3. The summed E-state index contributed by atoms with van der Waals surface area (Å²) in [7, 11) is 1.46. The van der Waals surface area contributed by atoms with Crippen LogP contribution in [0.25, 0.3) is 10.9 Å². The van der Waals surface area contributed by atoms with Gasteiger partial charge >= 0.3 is 12.0 Å². The van der Waals surface area contributed by atoms with Crippen molar-refractivity contribution in [2.45, 2.75) is 26.4 Å². The Balaban J connectivity index is 1.24. The first-order valence-electron chi connectivity index (χ1n) is 14.2. The Morgan fingerprint density at radius 3 is 2.62 bits per heavy atom. The van der Waals surface area contributed by atoms with Crippen LogP contribution in [0.3, 0.4) is 0 Å². The van der Waals surface area contributed by atoms with Gasteiger partial charge in [0.1, 0.15) is 0 Å². The Labute approximate surface area is 268 Å². The summed E-state index contributed by atoms with van der Waals surface area (Å²) in [6, 6.07) is 19.9. The smallest absolute Gasteiger partial charge is 0.338 e. The second kappa shape index (κ2) is 14.1. The standard InChI is InChI=1S/C33H32BrN5O6/c1-4-44-32(41)30-20(2)36-33(42)37-31(30)22-11-14-27(28(15-22)43-3)45-19-29(40)38-35-16-23-18-39(26-8-6-5-7-25(23)26)17-21-9-12-24(34)13-10-21/h5-16,18,31H,4,17,19H2,1-3H3,(H,38,40)(H2,36,37,42)/b35-16+/t31-/m0/s1. The molecule has 0 spiro atoms. The van der Waals surface area contributed by atoms with Crippen molar-refractivity contribution in [2.24, 2.45) is 5.10 Å². The number of fused-ring (bicyclic) bond motifs is 1. The first-order chi connectivity index (χ1) is 21.8. The third kappa shape index (κ3) is 7.35. The van der Waals surface area contributed by atoms with Crippen molar-refractivity contribution < 1.29 is 28.6 Å². The largest absolute Gasteiger partial charge is 0.493 e. The number of nitrogens with one attached hydrogen (secondary N) is 3. The van der Waals surface area contributed by atoms with Crippen LogP contribution in [0.2, 0.25) is 0 Å². The molecule has 2 heterocycles. The van der Waals surface area contributed by atoms with Gasteiger partial charge in [0.25, 0.3) is 5.91 Å². The van der Waals surface area contributed by atoms with Crippen molar-refractivity contribution >= 4 is 51.0 Å². The van der Waals surface area contributed by atoms with Gasteiger partial charge in [-0.05, 0) is 55.3 Å². The van der Waals surface area contributed by atoms with E-state index < -0.39 is 23.9 Å². The maximum Gasteiger partial charge on any atom is 0.338 e. The molecule has 4 aromatic rings. The first kappa shape index (κ1) is 31.3. The summed E-state index contributed by atoms with van der Waals surface area (Å²) < 4.78 is 19.6. The number of aromatic nitrogens is 1. The number of esters is 1. The van der Waals surface area contributed by atoms with Gasteiger partial charge in [0.2, 0.25) is 0 Å². The molecule has 3 N–H and O–H groups in total. The van der Waals surface area contributed by atoms with Crippen molar-refractivity contribution in [3.05, 3.63) is 105 Å². The van der Waals surface area contributed by atoms with Crippen LogP contribution in [-0.4, -0.2) is 49.0 Å². The quantitative estimate of drug-likeness (QED) is 0.114. The number of amides is 3. The summed E-state index contributed by atoms with van der Waals surface area (Å²) in [6.07, 6.45) is 3.61. The highest BCUT2D eigenvalue weighted by Gasteiger charge is 2.32. The number of ether oxygens (including phenoxy) is 3. The molecule has 0 bridgehead atoms. The van der Waals surface area contributed by atoms with Crippen molar-refractivity contribution in [3.63, 3.8) is 0 Å². The van der Waals surface area contributed by atoms with E-state index in [4.69, 9.17) is 14.2 Å². The summed E-state index contributed by atoms with van der Waals surface area (Å²) in [4.78, 5) is 37.4. The van der Waals surface area contributed by atoms with Crippen molar-refractivity contribution in [3.8, 4) is 11.5 Å². The number of hydrogen-bond donors (Lipinski definition) is 3. The van der Waals surface area contributed by atoms with Crippen LogP contribution in [-0.2, 0) is 20.9 Å². The number of carbonyl (C=O) groups excluding carboxylic acids is 3. The summed E-state index contributed by atoms with van der Waals surface area (Å²) in [5.41, 5.74) is 6.83. The van der Waals surface area contributed by atoms with E-state index in [1.54, 1.807) is 38.3 Å². The van der Waals surface area contributed by atoms with E-state index in [-0.39, 0.29) is 18.8 Å². The minimum Gasteiger partial charge on any atom is -0.493 e. The van der Waals surface area contributed by atoms with E-state index >= 15 is 0 Å². The van der Waals surface area contributed by atoms with Crippen LogP contribution in [0.1, 0.15) is 36.6 Å². The molecule has 0 radical (unpaired) electrons. The molecule has 5 rings (SSSR count). The Kier molecular flexibility index (Phi) is 9.83. The van der Waals surface area contributed by atoms with Crippen LogP contribution < -0.4 is 25.5 Å². The van der Waals surface area contributed by atoms with E-state index in [9.17, 15) is 14.4 Å². The number of halogens is 1. The number of methoxy groups -OCH3 is 1. The minimum absolute atomic E-state index is 0.189. The third-order valence-corrected chi connectivity index (χ3v) is 7.65. The fourth-order valence-electron chi connectivity index (χ4n) is 5.05. The number of hydrazone groups is 1. The van der Waals surface area contributed by atoms with E-state index in [0.717, 1.165) is 26.5 Å². The fraction of sp³-hybridized carbons (Fsp3) is 0.212. The molecule has 1 aliphatic heterocycles. The maximum absolute atomic E-state index is 12.6. The number of para-hydroxylation sites is 1. The Hall–Kier alpha value is -5.10. The molecule has 12 heteroatoms. The maximum atomic E-state index is 12.6. The number of hydrogen-bond acceptors (Lipinski definition) is 7. The van der Waals surface area contributed by atoms with Crippen molar-refractivity contribution in [1.82, 2.24) is 20.6 Å². The molecule has 3 amide bonds. The molecule has 0 aliphatic carbocycles. The van der Waals surface area contributed by atoms with Crippen LogP contribution in [0.4, 0.5) is 4.79 Å². The third-order valence-electron chi connectivity index (χ3n) is 7.12. The van der Waals surface area contributed by atoms with Gasteiger partial charge in [-0.25, -0.2) is 15.0 Å². The molecule has 11 nitrogen and oxygen atoms in total. The number of nitrogens with zero attached hydrogens (tertiary/aromatic N) is 2. The van der Waals surface area contributed by atoms with Gasteiger partial charge in [-0.15, -0.1) is 0 Å². The molecule has 0 unspecified atom stereocenters. The molecule has 45 heavy (non-hydrogen) atoms. The number of allylic oxidation sites excluding steroid dienone is 1. The number of urea groups is 1. The van der Waals surface area contributed by atoms with Gasteiger partial charge in [-0.1, -0.05) is 52.3 Å². The Bertz CT molecular complexity index is 1800. The highest BCUT2D eigenvalue weighted by Crippen LogP contribution is 2.34. The lowest BCUT2D eigenvalue weighted by Gasteiger charge is -2.28. The molecular weight excluding hydrogens is 642 g/mol. The molecule has 3 aromatic carbocycles. The lowest BCUT2D eigenvalue weighted by Crippen LogP contribution is -2.45. The predicted molar refractivity (Wildman–Crippen MR) is 173 cm³/mol. The zero-order chi connectivity index (χ0) is 31.9. The van der Waals surface area contributed by atoms with E-state index in [2.05, 4.69) is 53.8 Å². The summed E-state index contributed by atoms with van der Waals surface area (Å²) in [6.45, 7) is 3.89. The van der Waals surface area contributed by atoms with E-state index in [1.165, 1.54) is 7.11 Å². The topological polar surface area (TPSA) is 132 Å². The summed E-state index contributed by atoms with van der Waals surface area (Å²) >= 11 is 3.47. The summed E-state index contributed by atoms with van der Waals surface area (Å²) in [5.74, 6) is -0.394. The van der Waals surface area contributed by atoms with Crippen molar-refractivity contribution in [1.29, 1.82) is 0 Å². The van der Waals surface area contributed by atoms with E-state index in [1.807, 2.05) is 42.6 Å². The Morgan fingerprint density at radius 2 is 1.87 bits per heavy atom. The molecule has 1 atom stereocenters. The van der Waals surface area contributed by atoms with Gasteiger partial charge < -0.3 is 29.4 Å². The highest BCUT2D eigenvalue weighted by molar-refractivity contribution is 9.10. The fourth-order valence-corrected chi connectivity index (χ4v) is 5.32. The molecule has 0 fully saturated rings. The molecule has 1 aromatic heterocycles. The zero-order valence-corrected chi connectivity index (χ0v) is 26.5. The second-order valence-corrected chi connectivity index (χ2v) is 11.1. The summed E-state index contributed by atoms with van der Waals surface area (Å²) in [5, 5.41) is 10.5. The van der Waals surface area contributed by atoms with Gasteiger partial charge in [-0.2, -0.15) is 5.10 Å². The lowest BCUT2D eigenvalue weighted by molar-refractivity contribution is -0.139. The molecule has 232 valence electrons. The molecule has 1 aliphatic rings. The second-order valence-electron chi connectivity index (χ2n) is 10.1.